The molecule has 185 valence electrons. The molecule has 0 saturated carbocycles. The summed E-state index contributed by atoms with van der Waals surface area (Å²) in [4.78, 5) is 1.14. The normalized spacial score (nSPS) is 15.4. The third kappa shape index (κ3) is 5.42. The van der Waals surface area contributed by atoms with Gasteiger partial charge >= 0.3 is 0 Å². The first kappa shape index (κ1) is 24.2. The van der Waals surface area contributed by atoms with Gasteiger partial charge in [-0.25, -0.2) is 4.39 Å². The Kier molecular flexibility index (Phi) is 6.97. The summed E-state index contributed by atoms with van der Waals surface area (Å²) < 4.78 is 27.5. The van der Waals surface area contributed by atoms with Gasteiger partial charge in [-0.15, -0.1) is 11.3 Å². The molecule has 1 fully saturated rings. The van der Waals surface area contributed by atoms with Crippen molar-refractivity contribution in [2.24, 2.45) is 0 Å². The van der Waals surface area contributed by atoms with Crippen molar-refractivity contribution >= 4 is 33.0 Å². The van der Waals surface area contributed by atoms with E-state index in [1.165, 1.54) is 10.1 Å². The number of rotatable bonds is 7. The number of fused-ring (bicyclic) bond motifs is 1. The predicted molar refractivity (Wildman–Crippen MR) is 149 cm³/mol. The molecule has 6 rings (SSSR count). The first-order valence-corrected chi connectivity index (χ1v) is 13.6. The zero-order valence-electron chi connectivity index (χ0n) is 20.2. The van der Waals surface area contributed by atoms with Crippen LogP contribution in [0.4, 0.5) is 4.39 Å². The molecule has 5 heteroatoms. The number of benzene rings is 4. The lowest BCUT2D eigenvalue weighted by molar-refractivity contribution is 0.141. The predicted octanol–water partition coefficient (Wildman–Crippen LogP) is 8.51. The van der Waals surface area contributed by atoms with E-state index in [0.717, 1.165) is 45.9 Å². The highest BCUT2D eigenvalue weighted by atomic mass is 35.5. The van der Waals surface area contributed by atoms with E-state index >= 15 is 0 Å². The van der Waals surface area contributed by atoms with Gasteiger partial charge in [0, 0.05) is 28.5 Å². The quantitative estimate of drug-likeness (QED) is 0.211. The molecule has 1 radical (unpaired) electrons. The van der Waals surface area contributed by atoms with E-state index < -0.39 is 0 Å². The van der Waals surface area contributed by atoms with Crippen LogP contribution in [0.2, 0.25) is 5.02 Å². The van der Waals surface area contributed by atoms with Crippen molar-refractivity contribution < 1.29 is 13.9 Å². The summed E-state index contributed by atoms with van der Waals surface area (Å²) in [5.41, 5.74) is 4.71. The van der Waals surface area contributed by atoms with Crippen LogP contribution in [0.25, 0.3) is 21.2 Å². The molecule has 2 heterocycles. The van der Waals surface area contributed by atoms with Crippen molar-refractivity contribution in [1.82, 2.24) is 0 Å². The largest absolute Gasteiger partial charge is 0.488 e. The summed E-state index contributed by atoms with van der Waals surface area (Å²) in [5.74, 6) is 0.647. The molecule has 0 aliphatic carbocycles. The number of hydrogen-bond acceptors (Lipinski definition) is 3. The van der Waals surface area contributed by atoms with Crippen molar-refractivity contribution in [2.45, 2.75) is 25.4 Å². The average molecular weight is 528 g/mol. The molecule has 1 aromatic heterocycles. The third-order valence-electron chi connectivity index (χ3n) is 6.74. The lowest BCUT2D eigenvalue weighted by Crippen LogP contribution is -2.15. The van der Waals surface area contributed by atoms with Crippen molar-refractivity contribution in [2.75, 3.05) is 13.2 Å². The second kappa shape index (κ2) is 10.7. The van der Waals surface area contributed by atoms with Crippen LogP contribution in [0.3, 0.4) is 0 Å². The SMILES string of the molecule is Fc1ccc(-c2cc[c]c(Cl)c2Cc2ccc(O[C@H]3CCOC3)cc2)cc1Cc1cc2ccccc2s1. The summed E-state index contributed by atoms with van der Waals surface area (Å²) in [6, 6.07) is 30.8. The smallest absolute Gasteiger partial charge is 0.126 e. The topological polar surface area (TPSA) is 18.5 Å². The molecular weight excluding hydrogens is 503 g/mol. The zero-order chi connectivity index (χ0) is 25.2. The maximum Gasteiger partial charge on any atom is 0.126 e. The minimum atomic E-state index is -0.195. The average Bonchev–Trinajstić information content (AvgIpc) is 3.57. The van der Waals surface area contributed by atoms with Gasteiger partial charge in [-0.3, -0.25) is 0 Å². The molecule has 5 aromatic rings. The summed E-state index contributed by atoms with van der Waals surface area (Å²) >= 11 is 8.36. The molecule has 1 saturated heterocycles. The Labute approximate surface area is 225 Å². The summed E-state index contributed by atoms with van der Waals surface area (Å²) in [6.07, 6.45) is 2.23. The Morgan fingerprint density at radius 2 is 1.86 bits per heavy atom. The molecular formula is C32H25ClFO2S. The van der Waals surface area contributed by atoms with Crippen LogP contribution in [-0.4, -0.2) is 19.3 Å². The Hall–Kier alpha value is -3.18. The molecule has 1 aliphatic heterocycles. The van der Waals surface area contributed by atoms with Gasteiger partial charge in [0.15, 0.2) is 0 Å². The lowest BCUT2D eigenvalue weighted by atomic mass is 9.93. The molecule has 0 N–H and O–H groups in total. The van der Waals surface area contributed by atoms with Gasteiger partial charge in [0.1, 0.15) is 17.7 Å². The maximum atomic E-state index is 14.9. The van der Waals surface area contributed by atoms with Gasteiger partial charge in [-0.1, -0.05) is 60.1 Å². The Morgan fingerprint density at radius 1 is 1.00 bits per heavy atom. The minimum absolute atomic E-state index is 0.121. The van der Waals surface area contributed by atoms with Crippen molar-refractivity contribution in [1.29, 1.82) is 0 Å². The fraction of sp³-hybridized carbons (Fsp3) is 0.188. The van der Waals surface area contributed by atoms with Gasteiger partial charge in [-0.05, 0) is 76.0 Å². The third-order valence-corrected chi connectivity index (χ3v) is 8.20. The van der Waals surface area contributed by atoms with Crippen molar-refractivity contribution in [3.05, 3.63) is 123 Å². The molecule has 0 spiro atoms. The Balaban J connectivity index is 1.26. The number of hydrogen-bond donors (Lipinski definition) is 0. The molecule has 1 aliphatic rings. The van der Waals surface area contributed by atoms with Crippen LogP contribution >= 0.6 is 22.9 Å². The van der Waals surface area contributed by atoms with Crippen LogP contribution in [0, 0.1) is 11.9 Å². The van der Waals surface area contributed by atoms with Gasteiger partial charge in [0.05, 0.1) is 18.2 Å². The fourth-order valence-electron chi connectivity index (χ4n) is 4.83. The van der Waals surface area contributed by atoms with Gasteiger partial charge in [-0.2, -0.15) is 0 Å². The van der Waals surface area contributed by atoms with E-state index in [2.05, 4.69) is 36.4 Å². The lowest BCUT2D eigenvalue weighted by Gasteiger charge is -2.15. The zero-order valence-corrected chi connectivity index (χ0v) is 21.7. The van der Waals surface area contributed by atoms with Crippen LogP contribution in [0.5, 0.6) is 5.75 Å². The Morgan fingerprint density at radius 3 is 2.68 bits per heavy atom. The monoisotopic (exact) mass is 527 g/mol. The van der Waals surface area contributed by atoms with Gasteiger partial charge in [0.25, 0.3) is 0 Å². The number of ether oxygens (including phenoxy) is 2. The van der Waals surface area contributed by atoms with Crippen LogP contribution in [-0.2, 0) is 17.6 Å². The molecule has 0 unspecified atom stereocenters. The molecule has 4 aromatic carbocycles. The molecule has 2 nitrogen and oxygen atoms in total. The molecule has 37 heavy (non-hydrogen) atoms. The second-order valence-corrected chi connectivity index (χ2v) is 10.9. The number of thiophene rings is 1. The van der Waals surface area contributed by atoms with E-state index in [9.17, 15) is 4.39 Å². The highest BCUT2D eigenvalue weighted by molar-refractivity contribution is 7.19. The first-order valence-electron chi connectivity index (χ1n) is 12.4. The van der Waals surface area contributed by atoms with Crippen LogP contribution < -0.4 is 4.74 Å². The Bertz CT molecular complexity index is 1500. The highest BCUT2D eigenvalue weighted by Crippen LogP contribution is 2.34. The van der Waals surface area contributed by atoms with E-state index in [1.807, 2.05) is 48.5 Å². The molecule has 0 bridgehead atoms. The van der Waals surface area contributed by atoms with E-state index in [0.29, 0.717) is 30.0 Å². The fourth-order valence-corrected chi connectivity index (χ4v) is 6.14. The van der Waals surface area contributed by atoms with Crippen molar-refractivity contribution in [3.8, 4) is 16.9 Å². The van der Waals surface area contributed by atoms with Gasteiger partial charge < -0.3 is 9.47 Å². The van der Waals surface area contributed by atoms with Gasteiger partial charge in [0.2, 0.25) is 0 Å². The molecule has 1 atom stereocenters. The number of halogens is 2. The maximum absolute atomic E-state index is 14.9. The van der Waals surface area contributed by atoms with E-state index in [4.69, 9.17) is 21.1 Å². The van der Waals surface area contributed by atoms with E-state index in [-0.39, 0.29) is 11.9 Å². The summed E-state index contributed by atoms with van der Waals surface area (Å²) in [6.45, 7) is 1.40. The minimum Gasteiger partial charge on any atom is -0.488 e. The summed E-state index contributed by atoms with van der Waals surface area (Å²) in [7, 11) is 0. The summed E-state index contributed by atoms with van der Waals surface area (Å²) in [5, 5.41) is 1.77. The van der Waals surface area contributed by atoms with Crippen molar-refractivity contribution in [3.63, 3.8) is 0 Å². The standard InChI is InChI=1S/C32H25ClFO2S/c33-30-6-3-5-28(29(30)16-21-8-11-25(12-9-21)36-26-14-15-35-20-26)22-10-13-31(34)24(17-22)19-27-18-23-4-1-2-7-32(23)37-27/h1-5,7-13,17-18,26H,14-16,19-20H2/t26-/m0/s1. The molecule has 0 amide bonds. The van der Waals surface area contributed by atoms with Crippen LogP contribution in [0.1, 0.15) is 28.0 Å². The van der Waals surface area contributed by atoms with Crippen LogP contribution in [0.15, 0.2) is 84.9 Å². The highest BCUT2D eigenvalue weighted by Gasteiger charge is 2.17. The first-order chi connectivity index (χ1) is 18.1. The van der Waals surface area contributed by atoms with E-state index in [1.54, 1.807) is 17.4 Å². The second-order valence-electron chi connectivity index (χ2n) is 9.34.